The minimum atomic E-state index is 0.537. The van der Waals surface area contributed by atoms with Gasteiger partial charge in [-0.2, -0.15) is 11.8 Å². The number of nitrogens with one attached hydrogen (secondary N) is 1. The molecule has 0 spiro atoms. The molecule has 0 radical (unpaired) electrons. The standard InChI is InChI=1S/C12H18N4S/c13-10-6-11(14-9-2-1-5-17-7-9)16-12(15-10)8-3-4-8/h6,8-9H,1-5,7H2,(H3,13,14,15,16). The highest BCUT2D eigenvalue weighted by Crippen LogP contribution is 2.38. The summed E-state index contributed by atoms with van der Waals surface area (Å²) in [6.45, 7) is 0. The summed E-state index contributed by atoms with van der Waals surface area (Å²) in [4.78, 5) is 8.89. The van der Waals surface area contributed by atoms with Gasteiger partial charge < -0.3 is 11.1 Å². The van der Waals surface area contributed by atoms with Crippen LogP contribution in [0.15, 0.2) is 6.07 Å². The van der Waals surface area contributed by atoms with Crippen LogP contribution in [0.2, 0.25) is 0 Å². The van der Waals surface area contributed by atoms with Crippen LogP contribution in [-0.4, -0.2) is 27.5 Å². The average Bonchev–Trinajstić information content (AvgIpc) is 3.13. The molecule has 1 atom stereocenters. The van der Waals surface area contributed by atoms with E-state index in [2.05, 4.69) is 15.3 Å². The molecular weight excluding hydrogens is 232 g/mol. The van der Waals surface area contributed by atoms with E-state index in [9.17, 15) is 0 Å². The summed E-state index contributed by atoms with van der Waals surface area (Å²) in [5.74, 6) is 5.44. The molecule has 0 amide bonds. The van der Waals surface area contributed by atoms with Crippen molar-refractivity contribution in [1.29, 1.82) is 0 Å². The van der Waals surface area contributed by atoms with E-state index in [1.165, 1.54) is 37.2 Å². The van der Waals surface area contributed by atoms with Crippen LogP contribution < -0.4 is 11.1 Å². The molecule has 92 valence electrons. The van der Waals surface area contributed by atoms with Crippen molar-refractivity contribution in [2.75, 3.05) is 22.6 Å². The molecule has 2 fully saturated rings. The Morgan fingerprint density at radius 2 is 2.18 bits per heavy atom. The van der Waals surface area contributed by atoms with Crippen molar-refractivity contribution >= 4 is 23.4 Å². The summed E-state index contributed by atoms with van der Waals surface area (Å²) >= 11 is 2.01. The average molecular weight is 250 g/mol. The third-order valence-electron chi connectivity index (χ3n) is 3.22. The van der Waals surface area contributed by atoms with Crippen molar-refractivity contribution < 1.29 is 0 Å². The van der Waals surface area contributed by atoms with Crippen molar-refractivity contribution in [3.8, 4) is 0 Å². The van der Waals surface area contributed by atoms with E-state index in [0.29, 0.717) is 17.8 Å². The minimum absolute atomic E-state index is 0.537. The van der Waals surface area contributed by atoms with Gasteiger partial charge in [0.1, 0.15) is 17.5 Å². The highest BCUT2D eigenvalue weighted by Gasteiger charge is 2.27. The molecule has 2 heterocycles. The van der Waals surface area contributed by atoms with Gasteiger partial charge in [-0.05, 0) is 31.4 Å². The van der Waals surface area contributed by atoms with Crippen molar-refractivity contribution in [3.05, 3.63) is 11.9 Å². The highest BCUT2D eigenvalue weighted by atomic mass is 32.2. The van der Waals surface area contributed by atoms with E-state index >= 15 is 0 Å². The Labute approximate surface area is 106 Å². The molecule has 0 bridgehead atoms. The zero-order chi connectivity index (χ0) is 11.7. The topological polar surface area (TPSA) is 63.8 Å². The molecule has 1 saturated carbocycles. The Hall–Kier alpha value is -0.970. The smallest absolute Gasteiger partial charge is 0.136 e. The summed E-state index contributed by atoms with van der Waals surface area (Å²) in [6, 6.07) is 2.39. The van der Waals surface area contributed by atoms with Crippen LogP contribution in [0, 0.1) is 0 Å². The number of aromatic nitrogens is 2. The number of anilines is 2. The van der Waals surface area contributed by atoms with Gasteiger partial charge in [0.2, 0.25) is 0 Å². The van der Waals surface area contributed by atoms with Crippen LogP contribution in [0.4, 0.5) is 11.6 Å². The molecule has 0 aromatic carbocycles. The number of hydrogen-bond acceptors (Lipinski definition) is 5. The molecule has 1 unspecified atom stereocenters. The quantitative estimate of drug-likeness (QED) is 0.861. The van der Waals surface area contributed by atoms with Crippen molar-refractivity contribution in [1.82, 2.24) is 9.97 Å². The molecular formula is C12H18N4S. The predicted octanol–water partition coefficient (Wildman–Crippen LogP) is 2.24. The Bertz CT molecular complexity index is 399. The normalized spacial score (nSPS) is 24.6. The van der Waals surface area contributed by atoms with Crippen LogP contribution in [-0.2, 0) is 0 Å². The van der Waals surface area contributed by atoms with E-state index in [0.717, 1.165) is 11.6 Å². The number of hydrogen-bond donors (Lipinski definition) is 2. The Morgan fingerprint density at radius 3 is 2.88 bits per heavy atom. The Kier molecular flexibility index (Phi) is 3.09. The van der Waals surface area contributed by atoms with Gasteiger partial charge in [0, 0.05) is 23.8 Å². The maximum Gasteiger partial charge on any atom is 0.136 e. The Morgan fingerprint density at radius 1 is 1.29 bits per heavy atom. The highest BCUT2D eigenvalue weighted by molar-refractivity contribution is 7.99. The van der Waals surface area contributed by atoms with E-state index < -0.39 is 0 Å². The van der Waals surface area contributed by atoms with Crippen LogP contribution in [0.5, 0.6) is 0 Å². The van der Waals surface area contributed by atoms with Gasteiger partial charge in [-0.1, -0.05) is 0 Å². The molecule has 3 N–H and O–H groups in total. The van der Waals surface area contributed by atoms with Gasteiger partial charge in [0.25, 0.3) is 0 Å². The van der Waals surface area contributed by atoms with Gasteiger partial charge in [0.05, 0.1) is 0 Å². The van der Waals surface area contributed by atoms with Gasteiger partial charge >= 0.3 is 0 Å². The first-order valence-electron chi connectivity index (χ1n) is 6.30. The van der Waals surface area contributed by atoms with Gasteiger partial charge in [0.15, 0.2) is 0 Å². The van der Waals surface area contributed by atoms with E-state index in [-0.39, 0.29) is 0 Å². The lowest BCUT2D eigenvalue weighted by molar-refractivity contribution is 0.681. The molecule has 1 aliphatic carbocycles. The monoisotopic (exact) mass is 250 g/mol. The largest absolute Gasteiger partial charge is 0.384 e. The van der Waals surface area contributed by atoms with Crippen LogP contribution in [0.25, 0.3) is 0 Å². The zero-order valence-corrected chi connectivity index (χ0v) is 10.7. The van der Waals surface area contributed by atoms with Crippen molar-refractivity contribution in [2.45, 2.75) is 37.6 Å². The second kappa shape index (κ2) is 4.72. The Balaban J connectivity index is 1.72. The number of nitrogens with two attached hydrogens (primary N) is 1. The predicted molar refractivity (Wildman–Crippen MR) is 72.4 cm³/mol. The van der Waals surface area contributed by atoms with E-state index in [1.54, 1.807) is 0 Å². The number of nitrogens with zero attached hydrogens (tertiary/aromatic N) is 2. The van der Waals surface area contributed by atoms with Crippen LogP contribution in [0.3, 0.4) is 0 Å². The third kappa shape index (κ3) is 2.83. The summed E-state index contributed by atoms with van der Waals surface area (Å²) < 4.78 is 0. The molecule has 1 saturated heterocycles. The molecule has 1 aromatic rings. The lowest BCUT2D eigenvalue weighted by atomic mass is 10.2. The number of rotatable bonds is 3. The molecule has 2 aliphatic rings. The van der Waals surface area contributed by atoms with Crippen LogP contribution >= 0.6 is 11.8 Å². The van der Waals surface area contributed by atoms with Gasteiger partial charge in [-0.25, -0.2) is 9.97 Å². The maximum atomic E-state index is 5.83. The molecule has 1 aliphatic heterocycles. The molecule has 5 heteroatoms. The van der Waals surface area contributed by atoms with Crippen molar-refractivity contribution in [3.63, 3.8) is 0 Å². The van der Waals surface area contributed by atoms with E-state index in [1.807, 2.05) is 17.8 Å². The first-order chi connectivity index (χ1) is 8.31. The third-order valence-corrected chi connectivity index (χ3v) is 4.43. The van der Waals surface area contributed by atoms with Crippen molar-refractivity contribution in [2.24, 2.45) is 0 Å². The van der Waals surface area contributed by atoms with Gasteiger partial charge in [-0.3, -0.25) is 0 Å². The second-order valence-electron chi connectivity index (χ2n) is 4.87. The van der Waals surface area contributed by atoms with Crippen LogP contribution in [0.1, 0.15) is 37.4 Å². The molecule has 4 nitrogen and oxygen atoms in total. The lowest BCUT2D eigenvalue weighted by Gasteiger charge is -2.23. The molecule has 17 heavy (non-hydrogen) atoms. The molecule has 3 rings (SSSR count). The lowest BCUT2D eigenvalue weighted by Crippen LogP contribution is -2.26. The summed E-state index contributed by atoms with van der Waals surface area (Å²) in [7, 11) is 0. The first kappa shape index (κ1) is 11.1. The second-order valence-corrected chi connectivity index (χ2v) is 6.02. The van der Waals surface area contributed by atoms with Gasteiger partial charge in [-0.15, -0.1) is 0 Å². The molecule has 1 aromatic heterocycles. The number of thioether (sulfide) groups is 1. The fraction of sp³-hybridized carbons (Fsp3) is 0.667. The fourth-order valence-corrected chi connectivity index (χ4v) is 3.22. The summed E-state index contributed by atoms with van der Waals surface area (Å²) in [6.07, 6.45) is 4.94. The summed E-state index contributed by atoms with van der Waals surface area (Å²) in [5, 5.41) is 3.49. The fourth-order valence-electron chi connectivity index (χ4n) is 2.15. The minimum Gasteiger partial charge on any atom is -0.384 e. The maximum absolute atomic E-state index is 5.83. The first-order valence-corrected chi connectivity index (χ1v) is 7.45. The van der Waals surface area contributed by atoms with E-state index in [4.69, 9.17) is 5.73 Å². The number of nitrogen functional groups attached to an aromatic ring is 1. The SMILES string of the molecule is Nc1cc(NC2CCCSC2)nc(C2CC2)n1. The zero-order valence-electron chi connectivity index (χ0n) is 9.85. The summed E-state index contributed by atoms with van der Waals surface area (Å²) in [5.41, 5.74) is 5.83.